The quantitative estimate of drug-likeness (QED) is 0.483. The number of hydrogen-bond acceptors (Lipinski definition) is 5. The van der Waals surface area contributed by atoms with Crippen molar-refractivity contribution in [2.75, 3.05) is 0 Å². The summed E-state index contributed by atoms with van der Waals surface area (Å²) in [6, 6.07) is 2.03. The van der Waals surface area contributed by atoms with Gasteiger partial charge in [0.1, 0.15) is 15.5 Å². The number of rotatable bonds is 2. The molecular formula is C6H7KO7S2. The first kappa shape index (κ1) is 16.5. The molecule has 0 saturated carbocycles. The Morgan fingerprint density at radius 2 is 1.31 bits per heavy atom. The third-order valence-corrected chi connectivity index (χ3v) is 3.42. The summed E-state index contributed by atoms with van der Waals surface area (Å²) in [5.41, 5.74) is 0. The van der Waals surface area contributed by atoms with Crippen molar-refractivity contribution >= 4 is 71.6 Å². The fourth-order valence-electron chi connectivity index (χ4n) is 0.911. The van der Waals surface area contributed by atoms with Gasteiger partial charge in [-0.3, -0.25) is 9.11 Å². The van der Waals surface area contributed by atoms with Crippen LogP contribution in [0.5, 0.6) is 5.75 Å². The number of aromatic hydroxyl groups is 1. The third kappa shape index (κ3) is 4.05. The molecule has 0 spiro atoms. The standard InChI is InChI=1S/C6H6O7S2.K.H/c7-4-1-2-5(14(8,9)10)6(3-4)15(11,12)13;;/h1-3,7H,(H,8,9,10)(H,11,12,13);;. The van der Waals surface area contributed by atoms with Crippen molar-refractivity contribution in [1.82, 2.24) is 0 Å². The number of benzene rings is 1. The summed E-state index contributed by atoms with van der Waals surface area (Å²) in [5, 5.41) is 8.91. The van der Waals surface area contributed by atoms with Crippen LogP contribution >= 0.6 is 0 Å². The van der Waals surface area contributed by atoms with Crippen molar-refractivity contribution < 1.29 is 31.0 Å². The van der Waals surface area contributed by atoms with Gasteiger partial charge < -0.3 is 5.11 Å². The molecule has 0 aliphatic carbocycles. The average molecular weight is 294 g/mol. The summed E-state index contributed by atoms with van der Waals surface area (Å²) >= 11 is 0. The molecule has 0 heterocycles. The Labute approximate surface area is 134 Å². The third-order valence-electron chi connectivity index (χ3n) is 1.48. The van der Waals surface area contributed by atoms with Crippen molar-refractivity contribution in [2.45, 2.75) is 9.79 Å². The summed E-state index contributed by atoms with van der Waals surface area (Å²) in [6.45, 7) is 0. The minimum absolute atomic E-state index is 0. The molecule has 0 aliphatic rings. The second-order valence-corrected chi connectivity index (χ2v) is 5.36. The predicted octanol–water partition coefficient (Wildman–Crippen LogP) is -0.763. The second-order valence-electron chi connectivity index (χ2n) is 2.58. The molecule has 0 aliphatic heterocycles. The van der Waals surface area contributed by atoms with Crippen LogP contribution in [0.15, 0.2) is 28.0 Å². The van der Waals surface area contributed by atoms with Crippen LogP contribution in [-0.4, -0.2) is 82.4 Å². The first-order chi connectivity index (χ1) is 6.62. The number of phenolic OH excluding ortho intramolecular Hbond substituents is 1. The summed E-state index contributed by atoms with van der Waals surface area (Å²) < 4.78 is 60.1. The molecule has 3 N–H and O–H groups in total. The maximum atomic E-state index is 10.7. The van der Waals surface area contributed by atoms with Crippen LogP contribution in [0.3, 0.4) is 0 Å². The van der Waals surface area contributed by atoms with E-state index in [1.165, 1.54) is 0 Å². The molecule has 0 aromatic heterocycles. The summed E-state index contributed by atoms with van der Waals surface area (Å²) in [6.07, 6.45) is 0. The Hall–Kier alpha value is 0.476. The van der Waals surface area contributed by atoms with E-state index in [1.807, 2.05) is 0 Å². The first-order valence-electron chi connectivity index (χ1n) is 3.40. The SMILES string of the molecule is O=S(=O)(O)c1ccc(O)cc1S(=O)(=O)O.[KH]. The van der Waals surface area contributed by atoms with Gasteiger partial charge in [0.2, 0.25) is 0 Å². The van der Waals surface area contributed by atoms with Crippen LogP contribution in [0.4, 0.5) is 0 Å². The molecule has 0 radical (unpaired) electrons. The Bertz CT molecular complexity index is 589. The van der Waals surface area contributed by atoms with E-state index in [0.29, 0.717) is 12.1 Å². The van der Waals surface area contributed by atoms with Gasteiger partial charge in [-0.2, -0.15) is 16.8 Å². The molecule has 86 valence electrons. The van der Waals surface area contributed by atoms with E-state index < -0.39 is 35.8 Å². The molecule has 0 amide bonds. The van der Waals surface area contributed by atoms with Gasteiger partial charge in [0.15, 0.2) is 0 Å². The Balaban J connectivity index is 0.00000225. The molecule has 16 heavy (non-hydrogen) atoms. The predicted molar refractivity (Wildman–Crippen MR) is 54.9 cm³/mol. The van der Waals surface area contributed by atoms with Gasteiger partial charge in [-0.25, -0.2) is 0 Å². The van der Waals surface area contributed by atoms with Crippen LogP contribution in [0.2, 0.25) is 0 Å². The molecule has 10 heteroatoms. The second kappa shape index (κ2) is 5.41. The normalized spacial score (nSPS) is 11.9. The summed E-state index contributed by atoms with van der Waals surface area (Å²) in [4.78, 5) is -2.08. The Morgan fingerprint density at radius 1 is 0.875 bits per heavy atom. The van der Waals surface area contributed by atoms with Crippen LogP contribution < -0.4 is 0 Å². The van der Waals surface area contributed by atoms with E-state index in [4.69, 9.17) is 14.2 Å². The molecule has 7 nitrogen and oxygen atoms in total. The summed E-state index contributed by atoms with van der Waals surface area (Å²) in [7, 11) is -9.62. The zero-order chi connectivity index (χ0) is 11.9. The molecule has 0 bridgehead atoms. The Morgan fingerprint density at radius 3 is 1.69 bits per heavy atom. The average Bonchev–Trinajstić information content (AvgIpc) is 2.00. The molecule has 0 unspecified atom stereocenters. The monoisotopic (exact) mass is 294 g/mol. The topological polar surface area (TPSA) is 129 Å². The number of phenols is 1. The van der Waals surface area contributed by atoms with Crippen molar-refractivity contribution in [3.63, 3.8) is 0 Å². The van der Waals surface area contributed by atoms with Crippen molar-refractivity contribution in [2.24, 2.45) is 0 Å². The van der Waals surface area contributed by atoms with E-state index >= 15 is 0 Å². The molecule has 1 rings (SSSR count). The first-order valence-corrected chi connectivity index (χ1v) is 6.28. The van der Waals surface area contributed by atoms with Crippen molar-refractivity contribution in [3.8, 4) is 5.75 Å². The van der Waals surface area contributed by atoms with Gasteiger partial charge in [0.05, 0.1) is 0 Å². The van der Waals surface area contributed by atoms with E-state index in [1.54, 1.807) is 0 Å². The Kier molecular flexibility index (Phi) is 5.57. The molecule has 1 aromatic rings. The maximum absolute atomic E-state index is 10.7. The zero-order valence-electron chi connectivity index (χ0n) is 7.02. The van der Waals surface area contributed by atoms with E-state index in [0.717, 1.165) is 6.07 Å². The van der Waals surface area contributed by atoms with Crippen LogP contribution in [0.1, 0.15) is 0 Å². The molecular weight excluding hydrogens is 287 g/mol. The van der Waals surface area contributed by atoms with E-state index in [-0.39, 0.29) is 51.4 Å². The molecule has 0 saturated heterocycles. The van der Waals surface area contributed by atoms with E-state index in [2.05, 4.69) is 0 Å². The van der Waals surface area contributed by atoms with Crippen LogP contribution in [0, 0.1) is 0 Å². The fraction of sp³-hybridized carbons (Fsp3) is 0. The van der Waals surface area contributed by atoms with Crippen molar-refractivity contribution in [3.05, 3.63) is 18.2 Å². The zero-order valence-corrected chi connectivity index (χ0v) is 8.66. The van der Waals surface area contributed by atoms with Crippen LogP contribution in [-0.2, 0) is 20.2 Å². The van der Waals surface area contributed by atoms with E-state index in [9.17, 15) is 16.8 Å². The van der Waals surface area contributed by atoms with Gasteiger partial charge in [-0.1, -0.05) is 0 Å². The molecule has 1 aromatic carbocycles. The molecule has 0 fully saturated rings. The summed E-state index contributed by atoms with van der Waals surface area (Å²) in [5.74, 6) is -0.560. The van der Waals surface area contributed by atoms with Gasteiger partial charge in [-0.05, 0) is 12.1 Å². The van der Waals surface area contributed by atoms with Gasteiger partial charge in [0, 0.05) is 6.07 Å². The number of hydrogen-bond donors (Lipinski definition) is 3. The van der Waals surface area contributed by atoms with Gasteiger partial charge >= 0.3 is 51.4 Å². The fourth-order valence-corrected chi connectivity index (χ4v) is 2.69. The van der Waals surface area contributed by atoms with Crippen molar-refractivity contribution in [1.29, 1.82) is 0 Å². The van der Waals surface area contributed by atoms with Gasteiger partial charge in [-0.15, -0.1) is 0 Å². The minimum atomic E-state index is -4.84. The van der Waals surface area contributed by atoms with Gasteiger partial charge in [0.25, 0.3) is 20.2 Å². The van der Waals surface area contributed by atoms with Crippen LogP contribution in [0.25, 0.3) is 0 Å². The molecule has 0 atom stereocenters.